The zero-order valence-electron chi connectivity index (χ0n) is 13.1. The number of nitrogens with zero attached hydrogens (tertiary/aromatic N) is 1. The van der Waals surface area contributed by atoms with E-state index < -0.39 is 12.0 Å². The number of hydrogen-bond donors (Lipinski definition) is 2. The molecule has 1 heterocycles. The Labute approximate surface area is 131 Å². The molecule has 0 aromatic carbocycles. The van der Waals surface area contributed by atoms with E-state index in [0.29, 0.717) is 13.0 Å². The molecule has 22 heavy (non-hydrogen) atoms. The monoisotopic (exact) mass is 310 g/mol. The maximum absolute atomic E-state index is 12.1. The normalized spacial score (nSPS) is 23.1. The molecule has 1 saturated carbocycles. The average Bonchev–Trinajstić information content (AvgIpc) is 2.85. The molecule has 1 aliphatic heterocycles. The number of carboxylic acids is 1. The second-order valence-electron chi connectivity index (χ2n) is 6.34. The highest BCUT2D eigenvalue weighted by molar-refractivity contribution is 5.87. The summed E-state index contributed by atoms with van der Waals surface area (Å²) >= 11 is 0. The molecule has 2 rings (SSSR count). The van der Waals surface area contributed by atoms with Crippen molar-refractivity contribution in [3.8, 4) is 0 Å². The standard InChI is InChI=1S/C16H26N2O4/c19-14(17-12-6-3-1-2-4-7-12)9-10-15(20)18-11-5-8-13(18)16(21)22/h12-13H,1-11H2,(H,17,19)(H,21,22). The van der Waals surface area contributed by atoms with Crippen molar-refractivity contribution in [1.82, 2.24) is 10.2 Å². The highest BCUT2D eigenvalue weighted by Gasteiger charge is 2.33. The van der Waals surface area contributed by atoms with Gasteiger partial charge in [-0.2, -0.15) is 0 Å². The molecule has 6 heteroatoms. The summed E-state index contributed by atoms with van der Waals surface area (Å²) < 4.78 is 0. The molecule has 2 amide bonds. The minimum atomic E-state index is -0.950. The first-order chi connectivity index (χ1) is 10.6. The number of carbonyl (C=O) groups excluding carboxylic acids is 2. The molecule has 0 spiro atoms. The SMILES string of the molecule is O=C(CCC(=O)N1CCCC1C(=O)O)NC1CCCCCC1. The fraction of sp³-hybridized carbons (Fsp3) is 0.812. The third kappa shape index (κ3) is 4.71. The zero-order valence-corrected chi connectivity index (χ0v) is 13.1. The van der Waals surface area contributed by atoms with E-state index >= 15 is 0 Å². The summed E-state index contributed by atoms with van der Waals surface area (Å²) in [6.07, 6.45) is 8.29. The Morgan fingerprint density at radius 2 is 1.64 bits per heavy atom. The second-order valence-corrected chi connectivity index (χ2v) is 6.34. The summed E-state index contributed by atoms with van der Waals surface area (Å²) in [7, 11) is 0. The van der Waals surface area contributed by atoms with E-state index in [2.05, 4.69) is 5.32 Å². The summed E-state index contributed by atoms with van der Waals surface area (Å²) in [5.74, 6) is -1.26. The molecule has 2 N–H and O–H groups in total. The molecule has 1 aliphatic carbocycles. The molecule has 1 atom stereocenters. The van der Waals surface area contributed by atoms with Crippen LogP contribution in [-0.2, 0) is 14.4 Å². The van der Waals surface area contributed by atoms with Gasteiger partial charge in [-0.3, -0.25) is 9.59 Å². The minimum Gasteiger partial charge on any atom is -0.480 e. The van der Waals surface area contributed by atoms with Crippen LogP contribution in [0.1, 0.15) is 64.2 Å². The number of rotatable bonds is 5. The van der Waals surface area contributed by atoms with Crippen molar-refractivity contribution in [1.29, 1.82) is 0 Å². The Hall–Kier alpha value is -1.59. The first-order valence-corrected chi connectivity index (χ1v) is 8.39. The van der Waals surface area contributed by atoms with E-state index in [1.807, 2.05) is 0 Å². The van der Waals surface area contributed by atoms with Crippen LogP contribution in [-0.4, -0.2) is 46.4 Å². The molecule has 0 bridgehead atoms. The topological polar surface area (TPSA) is 86.7 Å². The van der Waals surface area contributed by atoms with E-state index in [0.717, 1.165) is 32.1 Å². The summed E-state index contributed by atoms with van der Waals surface area (Å²) in [6.45, 7) is 0.486. The molecular weight excluding hydrogens is 284 g/mol. The van der Waals surface area contributed by atoms with Gasteiger partial charge in [0.15, 0.2) is 0 Å². The average molecular weight is 310 g/mol. The number of hydrogen-bond acceptors (Lipinski definition) is 3. The fourth-order valence-electron chi connectivity index (χ4n) is 3.41. The van der Waals surface area contributed by atoms with Gasteiger partial charge in [0, 0.05) is 25.4 Å². The predicted molar refractivity (Wildman–Crippen MR) is 81.2 cm³/mol. The lowest BCUT2D eigenvalue weighted by atomic mass is 10.1. The number of aliphatic carboxylic acids is 1. The van der Waals surface area contributed by atoms with Crippen molar-refractivity contribution in [2.24, 2.45) is 0 Å². The number of likely N-dealkylation sites (tertiary alicyclic amines) is 1. The van der Waals surface area contributed by atoms with Gasteiger partial charge in [-0.15, -0.1) is 0 Å². The largest absolute Gasteiger partial charge is 0.480 e. The zero-order chi connectivity index (χ0) is 15.9. The molecule has 1 saturated heterocycles. The predicted octanol–water partition coefficient (Wildman–Crippen LogP) is 1.68. The van der Waals surface area contributed by atoms with E-state index in [4.69, 9.17) is 5.11 Å². The van der Waals surface area contributed by atoms with Crippen molar-refractivity contribution < 1.29 is 19.5 Å². The summed E-state index contributed by atoms with van der Waals surface area (Å²) in [5, 5.41) is 12.1. The Balaban J connectivity index is 1.73. The fourth-order valence-corrected chi connectivity index (χ4v) is 3.41. The van der Waals surface area contributed by atoms with Crippen LogP contribution in [0.2, 0.25) is 0 Å². The molecule has 6 nitrogen and oxygen atoms in total. The third-order valence-corrected chi connectivity index (χ3v) is 4.64. The molecule has 2 fully saturated rings. The molecular formula is C16H26N2O4. The van der Waals surface area contributed by atoms with Crippen molar-refractivity contribution in [3.63, 3.8) is 0 Å². The van der Waals surface area contributed by atoms with E-state index in [9.17, 15) is 14.4 Å². The second kappa shape index (κ2) is 8.15. The third-order valence-electron chi connectivity index (χ3n) is 4.64. The Morgan fingerprint density at radius 3 is 2.27 bits per heavy atom. The highest BCUT2D eigenvalue weighted by atomic mass is 16.4. The summed E-state index contributed by atoms with van der Waals surface area (Å²) in [6, 6.07) is -0.471. The lowest BCUT2D eigenvalue weighted by Crippen LogP contribution is -2.41. The van der Waals surface area contributed by atoms with Gasteiger partial charge in [0.25, 0.3) is 0 Å². The van der Waals surface area contributed by atoms with Crippen molar-refractivity contribution in [3.05, 3.63) is 0 Å². The van der Waals surface area contributed by atoms with Crippen molar-refractivity contribution in [2.45, 2.75) is 76.3 Å². The van der Waals surface area contributed by atoms with E-state index in [1.165, 1.54) is 17.7 Å². The molecule has 0 radical (unpaired) electrons. The van der Waals surface area contributed by atoms with Gasteiger partial charge < -0.3 is 15.3 Å². The van der Waals surface area contributed by atoms with Gasteiger partial charge in [-0.1, -0.05) is 25.7 Å². The lowest BCUT2D eigenvalue weighted by molar-refractivity contribution is -0.148. The van der Waals surface area contributed by atoms with Crippen LogP contribution < -0.4 is 5.32 Å². The van der Waals surface area contributed by atoms with Gasteiger partial charge in [-0.25, -0.2) is 4.79 Å². The summed E-state index contributed by atoms with van der Waals surface area (Å²) in [4.78, 5) is 36.5. The molecule has 1 unspecified atom stereocenters. The highest BCUT2D eigenvalue weighted by Crippen LogP contribution is 2.19. The van der Waals surface area contributed by atoms with Crippen molar-refractivity contribution >= 4 is 17.8 Å². The maximum Gasteiger partial charge on any atom is 0.326 e. The van der Waals surface area contributed by atoms with Crippen LogP contribution in [0.25, 0.3) is 0 Å². The van der Waals surface area contributed by atoms with Gasteiger partial charge in [0.05, 0.1) is 0 Å². The first-order valence-electron chi connectivity index (χ1n) is 8.39. The Kier molecular flexibility index (Phi) is 6.21. The van der Waals surface area contributed by atoms with Crippen LogP contribution in [0.3, 0.4) is 0 Å². The van der Waals surface area contributed by atoms with Crippen LogP contribution in [0.4, 0.5) is 0 Å². The smallest absolute Gasteiger partial charge is 0.326 e. The Morgan fingerprint density at radius 1 is 0.955 bits per heavy atom. The number of amides is 2. The molecule has 124 valence electrons. The number of carboxylic acid groups (broad SMARTS) is 1. The minimum absolute atomic E-state index is 0.0914. The molecule has 2 aliphatic rings. The van der Waals surface area contributed by atoms with E-state index in [-0.39, 0.29) is 30.7 Å². The first kappa shape index (κ1) is 16.8. The Bertz CT molecular complexity index is 416. The quantitative estimate of drug-likeness (QED) is 0.756. The summed E-state index contributed by atoms with van der Waals surface area (Å²) in [5.41, 5.74) is 0. The lowest BCUT2D eigenvalue weighted by Gasteiger charge is -2.21. The van der Waals surface area contributed by atoms with Gasteiger partial charge in [0.1, 0.15) is 6.04 Å². The number of nitrogens with one attached hydrogen (secondary N) is 1. The van der Waals surface area contributed by atoms with Crippen LogP contribution in [0, 0.1) is 0 Å². The molecule has 0 aromatic heterocycles. The van der Waals surface area contributed by atoms with Crippen LogP contribution in [0.15, 0.2) is 0 Å². The van der Waals surface area contributed by atoms with Gasteiger partial charge >= 0.3 is 5.97 Å². The molecule has 0 aromatic rings. The maximum atomic E-state index is 12.1. The van der Waals surface area contributed by atoms with E-state index in [1.54, 1.807) is 0 Å². The van der Waals surface area contributed by atoms with Gasteiger partial charge in [-0.05, 0) is 25.7 Å². The van der Waals surface area contributed by atoms with Crippen LogP contribution >= 0.6 is 0 Å². The number of carbonyl (C=O) groups is 3. The van der Waals surface area contributed by atoms with Gasteiger partial charge in [0.2, 0.25) is 11.8 Å². The van der Waals surface area contributed by atoms with Crippen molar-refractivity contribution in [2.75, 3.05) is 6.54 Å². The van der Waals surface area contributed by atoms with Crippen LogP contribution in [0.5, 0.6) is 0 Å².